The van der Waals surface area contributed by atoms with E-state index in [1.54, 1.807) is 48.3 Å². The van der Waals surface area contributed by atoms with Crippen LogP contribution in [0.25, 0.3) is 5.82 Å². The maximum atomic E-state index is 12.6. The minimum absolute atomic E-state index is 0.341. The zero-order chi connectivity index (χ0) is 17.2. The first-order chi connectivity index (χ1) is 12.2. The Morgan fingerprint density at radius 3 is 2.72 bits per heavy atom. The highest BCUT2D eigenvalue weighted by molar-refractivity contribution is 5.94. The van der Waals surface area contributed by atoms with Gasteiger partial charge in [-0.1, -0.05) is 12.1 Å². The van der Waals surface area contributed by atoms with Crippen LogP contribution in [-0.2, 0) is 4.79 Å². The molecule has 0 radical (unpaired) electrons. The van der Waals surface area contributed by atoms with Crippen LogP contribution in [0.4, 0.5) is 5.82 Å². The molecule has 0 fully saturated rings. The van der Waals surface area contributed by atoms with Gasteiger partial charge in [0, 0.05) is 18.5 Å². The van der Waals surface area contributed by atoms with Gasteiger partial charge in [0.05, 0.1) is 0 Å². The normalized spacial score (nSPS) is 18.6. The summed E-state index contributed by atoms with van der Waals surface area (Å²) in [4.78, 5) is 20.8. The molecule has 0 saturated carbocycles. The highest BCUT2D eigenvalue weighted by Crippen LogP contribution is 2.33. The van der Waals surface area contributed by atoms with Gasteiger partial charge in [-0.05, 0) is 25.1 Å². The monoisotopic (exact) mass is 337 g/mol. The minimum Gasteiger partial charge on any atom is -0.482 e. The van der Waals surface area contributed by atoms with E-state index >= 15 is 0 Å². The van der Waals surface area contributed by atoms with Crippen molar-refractivity contribution in [3.05, 3.63) is 55.1 Å². The maximum Gasteiger partial charge on any atom is 0.270 e. The summed E-state index contributed by atoms with van der Waals surface area (Å²) in [7, 11) is 0. The Labute approximate surface area is 143 Å². The lowest BCUT2D eigenvalue weighted by molar-refractivity contribution is -0.128. The van der Waals surface area contributed by atoms with Crippen LogP contribution in [-0.4, -0.2) is 37.9 Å². The van der Waals surface area contributed by atoms with E-state index in [0.717, 1.165) is 0 Å². The minimum atomic E-state index is -0.780. The SMILES string of the molecule is CC1Oc2ccccc2OC1C(=O)Nc1cc(-n2cccn2)ncn1. The number of ether oxygens (including phenoxy) is 2. The lowest BCUT2D eigenvalue weighted by atomic mass is 10.1. The standard InChI is InChI=1S/C17H15N5O3/c1-11-16(25-13-6-3-2-5-12(13)24-11)17(23)21-14-9-15(19-10-18-14)22-8-4-7-20-22/h2-11,16H,1H3,(H,18,19,21,23). The van der Waals surface area contributed by atoms with Crippen molar-refractivity contribution in [1.82, 2.24) is 19.7 Å². The topological polar surface area (TPSA) is 91.2 Å². The van der Waals surface area contributed by atoms with Gasteiger partial charge in [-0.3, -0.25) is 4.79 Å². The van der Waals surface area contributed by atoms with Crippen LogP contribution < -0.4 is 14.8 Å². The molecule has 8 nitrogen and oxygen atoms in total. The number of fused-ring (bicyclic) bond motifs is 1. The van der Waals surface area contributed by atoms with E-state index in [0.29, 0.717) is 23.1 Å². The molecule has 1 amide bonds. The summed E-state index contributed by atoms with van der Waals surface area (Å²) in [6, 6.07) is 10.7. The molecular formula is C17H15N5O3. The fraction of sp³-hybridized carbons (Fsp3) is 0.176. The first kappa shape index (κ1) is 15.1. The highest BCUT2D eigenvalue weighted by atomic mass is 16.6. The summed E-state index contributed by atoms with van der Waals surface area (Å²) < 4.78 is 13.1. The van der Waals surface area contributed by atoms with Crippen molar-refractivity contribution in [3.8, 4) is 17.3 Å². The van der Waals surface area contributed by atoms with Gasteiger partial charge in [0.1, 0.15) is 18.2 Å². The Kier molecular flexibility index (Phi) is 3.77. The molecule has 1 aliphatic rings. The van der Waals surface area contributed by atoms with Crippen LogP contribution in [0.15, 0.2) is 55.1 Å². The van der Waals surface area contributed by atoms with Crippen LogP contribution in [0, 0.1) is 0 Å². The van der Waals surface area contributed by atoms with Gasteiger partial charge < -0.3 is 14.8 Å². The number of hydrogen-bond donors (Lipinski definition) is 1. The summed E-state index contributed by atoms with van der Waals surface area (Å²) in [6.45, 7) is 1.79. The molecule has 0 spiro atoms. The quantitative estimate of drug-likeness (QED) is 0.784. The van der Waals surface area contributed by atoms with Crippen molar-refractivity contribution in [2.24, 2.45) is 0 Å². The Morgan fingerprint density at radius 2 is 1.96 bits per heavy atom. The van der Waals surface area contributed by atoms with Gasteiger partial charge in [0.25, 0.3) is 5.91 Å². The molecule has 4 rings (SSSR count). The van der Waals surface area contributed by atoms with Gasteiger partial charge in [0.15, 0.2) is 17.3 Å². The summed E-state index contributed by atoms with van der Waals surface area (Å²) in [5, 5.41) is 6.84. The molecule has 1 N–H and O–H groups in total. The molecule has 126 valence electrons. The molecule has 3 aromatic rings. The number of carbonyl (C=O) groups excluding carboxylic acids is 1. The second-order valence-corrected chi connectivity index (χ2v) is 5.51. The third kappa shape index (κ3) is 3.01. The van der Waals surface area contributed by atoms with Crippen molar-refractivity contribution >= 4 is 11.7 Å². The Balaban J connectivity index is 1.52. The smallest absolute Gasteiger partial charge is 0.270 e. The number of anilines is 1. The molecular weight excluding hydrogens is 322 g/mol. The van der Waals surface area contributed by atoms with Crippen LogP contribution in [0.3, 0.4) is 0 Å². The Morgan fingerprint density at radius 1 is 1.16 bits per heavy atom. The van der Waals surface area contributed by atoms with Crippen molar-refractivity contribution in [2.75, 3.05) is 5.32 Å². The van der Waals surface area contributed by atoms with E-state index in [9.17, 15) is 4.79 Å². The van der Waals surface area contributed by atoms with E-state index in [1.807, 2.05) is 12.1 Å². The third-order valence-corrected chi connectivity index (χ3v) is 3.74. The molecule has 2 atom stereocenters. The first-order valence-electron chi connectivity index (χ1n) is 7.76. The average molecular weight is 337 g/mol. The Bertz CT molecular complexity index is 897. The number of carbonyl (C=O) groups is 1. The predicted octanol–water partition coefficient (Wildman–Crippen LogP) is 1.83. The lowest BCUT2D eigenvalue weighted by Gasteiger charge is -2.30. The fourth-order valence-corrected chi connectivity index (χ4v) is 2.55. The van der Waals surface area contributed by atoms with Crippen LogP contribution in [0.2, 0.25) is 0 Å². The largest absolute Gasteiger partial charge is 0.482 e. The number of benzene rings is 1. The van der Waals surface area contributed by atoms with Gasteiger partial charge in [-0.15, -0.1) is 0 Å². The van der Waals surface area contributed by atoms with Gasteiger partial charge in [0.2, 0.25) is 6.10 Å². The zero-order valence-electron chi connectivity index (χ0n) is 13.4. The molecule has 2 unspecified atom stereocenters. The average Bonchev–Trinajstić information content (AvgIpc) is 3.16. The van der Waals surface area contributed by atoms with Crippen LogP contribution >= 0.6 is 0 Å². The molecule has 8 heteroatoms. The van der Waals surface area contributed by atoms with Crippen molar-refractivity contribution in [2.45, 2.75) is 19.1 Å². The molecule has 1 aromatic carbocycles. The summed E-state index contributed by atoms with van der Waals surface area (Å²) in [6.07, 6.45) is 3.56. The number of rotatable bonds is 3. The molecule has 0 bridgehead atoms. The van der Waals surface area contributed by atoms with E-state index in [-0.39, 0.29) is 5.91 Å². The molecule has 0 aliphatic carbocycles. The van der Waals surface area contributed by atoms with E-state index in [1.165, 1.54) is 6.33 Å². The van der Waals surface area contributed by atoms with Crippen molar-refractivity contribution in [3.63, 3.8) is 0 Å². The number of para-hydroxylation sites is 2. The Hall–Kier alpha value is -3.42. The zero-order valence-corrected chi connectivity index (χ0v) is 13.4. The first-order valence-corrected chi connectivity index (χ1v) is 7.76. The number of amides is 1. The van der Waals surface area contributed by atoms with Crippen LogP contribution in [0.1, 0.15) is 6.92 Å². The number of nitrogens with zero attached hydrogens (tertiary/aromatic N) is 4. The summed E-state index contributed by atoms with van der Waals surface area (Å²) >= 11 is 0. The molecule has 1 aliphatic heterocycles. The van der Waals surface area contributed by atoms with E-state index < -0.39 is 12.2 Å². The molecule has 25 heavy (non-hydrogen) atoms. The summed E-state index contributed by atoms with van der Waals surface area (Å²) in [5.74, 6) is 1.74. The maximum absolute atomic E-state index is 12.6. The highest BCUT2D eigenvalue weighted by Gasteiger charge is 2.34. The van der Waals surface area contributed by atoms with Crippen LogP contribution in [0.5, 0.6) is 11.5 Å². The number of hydrogen-bond acceptors (Lipinski definition) is 6. The van der Waals surface area contributed by atoms with E-state index in [2.05, 4.69) is 20.4 Å². The number of nitrogens with one attached hydrogen (secondary N) is 1. The van der Waals surface area contributed by atoms with Gasteiger partial charge in [-0.2, -0.15) is 5.10 Å². The predicted molar refractivity (Wildman–Crippen MR) is 88.7 cm³/mol. The third-order valence-electron chi connectivity index (χ3n) is 3.74. The van der Waals surface area contributed by atoms with Crippen molar-refractivity contribution < 1.29 is 14.3 Å². The van der Waals surface area contributed by atoms with Gasteiger partial charge in [-0.25, -0.2) is 14.6 Å². The van der Waals surface area contributed by atoms with E-state index in [4.69, 9.17) is 9.47 Å². The number of aromatic nitrogens is 4. The second-order valence-electron chi connectivity index (χ2n) is 5.51. The molecule has 3 heterocycles. The molecule has 2 aromatic heterocycles. The van der Waals surface area contributed by atoms with Crippen molar-refractivity contribution in [1.29, 1.82) is 0 Å². The second kappa shape index (κ2) is 6.23. The van der Waals surface area contributed by atoms with Gasteiger partial charge >= 0.3 is 0 Å². The fourth-order valence-electron chi connectivity index (χ4n) is 2.55. The molecule has 0 saturated heterocycles. The lowest BCUT2D eigenvalue weighted by Crippen LogP contribution is -2.46. The summed E-state index contributed by atoms with van der Waals surface area (Å²) in [5.41, 5.74) is 0.